The van der Waals surface area contributed by atoms with E-state index < -0.39 is 0 Å². The van der Waals surface area contributed by atoms with Gasteiger partial charge in [0.15, 0.2) is 0 Å². The van der Waals surface area contributed by atoms with E-state index in [1.54, 1.807) is 18.5 Å². The summed E-state index contributed by atoms with van der Waals surface area (Å²) in [5.41, 5.74) is 3.73. The van der Waals surface area contributed by atoms with Crippen LogP contribution in [0.5, 0.6) is 0 Å². The Bertz CT molecular complexity index is 1280. The third-order valence-electron chi connectivity index (χ3n) is 4.73. The van der Waals surface area contributed by atoms with Gasteiger partial charge in [0, 0.05) is 47.4 Å². The molecule has 5 aromatic rings. The second kappa shape index (κ2) is 7.48. The molecule has 0 aliphatic heterocycles. The highest BCUT2D eigenvalue weighted by Gasteiger charge is 2.14. The molecule has 0 amide bonds. The Morgan fingerprint density at radius 2 is 1.76 bits per heavy atom. The molecular weight excluding hydrogens is 384 g/mol. The SMILES string of the molecule is Clc1ccc2c(c1)nc(CCNc1ncccn1)c1cn(-c3ccccc3)nc12. The third-order valence-corrected chi connectivity index (χ3v) is 4.96. The number of rotatable bonds is 5. The first kappa shape index (κ1) is 17.6. The van der Waals surface area contributed by atoms with Crippen LogP contribution in [0.15, 0.2) is 73.2 Å². The predicted octanol–water partition coefficient (Wildman–Crippen LogP) is 4.67. The second-order valence-corrected chi connectivity index (χ2v) is 7.08. The molecule has 3 heterocycles. The topological polar surface area (TPSA) is 68.5 Å². The maximum atomic E-state index is 6.21. The highest BCUT2D eigenvalue weighted by molar-refractivity contribution is 6.31. The Labute approximate surface area is 172 Å². The van der Waals surface area contributed by atoms with E-state index in [1.165, 1.54) is 0 Å². The van der Waals surface area contributed by atoms with Crippen molar-refractivity contribution >= 4 is 39.4 Å². The fourth-order valence-corrected chi connectivity index (χ4v) is 3.54. The lowest BCUT2D eigenvalue weighted by molar-refractivity contribution is 0.897. The van der Waals surface area contributed by atoms with Crippen molar-refractivity contribution in [1.29, 1.82) is 0 Å². The summed E-state index contributed by atoms with van der Waals surface area (Å²) in [6.45, 7) is 0.661. The number of benzene rings is 2. The average Bonchev–Trinajstić information content (AvgIpc) is 3.21. The van der Waals surface area contributed by atoms with Crippen molar-refractivity contribution in [2.45, 2.75) is 6.42 Å². The minimum Gasteiger partial charge on any atom is -0.354 e. The molecule has 1 N–H and O–H groups in total. The predicted molar refractivity (Wildman–Crippen MR) is 116 cm³/mol. The normalized spacial score (nSPS) is 11.2. The van der Waals surface area contributed by atoms with Crippen LogP contribution in [-0.4, -0.2) is 31.3 Å². The first-order valence-corrected chi connectivity index (χ1v) is 9.69. The second-order valence-electron chi connectivity index (χ2n) is 6.64. The molecule has 3 aromatic heterocycles. The first-order chi connectivity index (χ1) is 14.3. The Morgan fingerprint density at radius 1 is 0.931 bits per heavy atom. The van der Waals surface area contributed by atoms with Gasteiger partial charge in [0.05, 0.1) is 16.9 Å². The first-order valence-electron chi connectivity index (χ1n) is 9.32. The van der Waals surface area contributed by atoms with Crippen LogP contribution in [0.2, 0.25) is 5.02 Å². The summed E-state index contributed by atoms with van der Waals surface area (Å²) in [4.78, 5) is 13.3. The lowest BCUT2D eigenvalue weighted by Gasteiger charge is -2.07. The van der Waals surface area contributed by atoms with Crippen LogP contribution in [0.3, 0.4) is 0 Å². The largest absolute Gasteiger partial charge is 0.354 e. The maximum Gasteiger partial charge on any atom is 0.222 e. The molecule has 0 aliphatic rings. The Kier molecular flexibility index (Phi) is 4.54. The van der Waals surface area contributed by atoms with Crippen LogP contribution in [0, 0.1) is 0 Å². The number of hydrogen-bond donors (Lipinski definition) is 1. The summed E-state index contributed by atoms with van der Waals surface area (Å²) in [5, 5.41) is 10.8. The van der Waals surface area contributed by atoms with Gasteiger partial charge in [0.1, 0.15) is 5.52 Å². The molecule has 0 aliphatic carbocycles. The Balaban J connectivity index is 1.58. The number of anilines is 1. The van der Waals surface area contributed by atoms with Gasteiger partial charge < -0.3 is 5.32 Å². The summed E-state index contributed by atoms with van der Waals surface area (Å²) in [7, 11) is 0. The van der Waals surface area contributed by atoms with Gasteiger partial charge in [0.25, 0.3) is 0 Å². The van der Waals surface area contributed by atoms with Crippen LogP contribution in [0.4, 0.5) is 5.95 Å². The van der Waals surface area contributed by atoms with Crippen molar-refractivity contribution in [2.24, 2.45) is 0 Å². The molecule has 0 saturated heterocycles. The van der Waals surface area contributed by atoms with Crippen LogP contribution in [0.25, 0.3) is 27.5 Å². The molecule has 6 nitrogen and oxygen atoms in total. The fourth-order valence-electron chi connectivity index (χ4n) is 3.37. The number of fused-ring (bicyclic) bond motifs is 3. The number of pyridine rings is 1. The molecule has 0 spiro atoms. The van der Waals surface area contributed by atoms with Crippen molar-refractivity contribution in [3.63, 3.8) is 0 Å². The van der Waals surface area contributed by atoms with Gasteiger partial charge in [-0.3, -0.25) is 4.98 Å². The Hall–Kier alpha value is -3.51. The summed E-state index contributed by atoms with van der Waals surface area (Å²) in [6.07, 6.45) is 6.18. The number of para-hydroxylation sites is 1. The third kappa shape index (κ3) is 3.50. The van der Waals surface area contributed by atoms with E-state index in [-0.39, 0.29) is 0 Å². The highest BCUT2D eigenvalue weighted by Crippen LogP contribution is 2.28. The van der Waals surface area contributed by atoms with Gasteiger partial charge in [-0.25, -0.2) is 14.6 Å². The smallest absolute Gasteiger partial charge is 0.222 e. The van der Waals surface area contributed by atoms with Crippen molar-refractivity contribution in [2.75, 3.05) is 11.9 Å². The van der Waals surface area contributed by atoms with E-state index in [0.717, 1.165) is 33.2 Å². The minimum absolute atomic E-state index is 0.604. The molecule has 7 heteroatoms. The monoisotopic (exact) mass is 400 g/mol. The Morgan fingerprint density at radius 3 is 2.59 bits per heavy atom. The summed E-state index contributed by atoms with van der Waals surface area (Å²) in [6, 6.07) is 17.6. The van der Waals surface area contributed by atoms with Crippen molar-refractivity contribution in [1.82, 2.24) is 24.7 Å². The van der Waals surface area contributed by atoms with Crippen LogP contribution in [-0.2, 0) is 6.42 Å². The van der Waals surface area contributed by atoms with E-state index in [9.17, 15) is 0 Å². The molecule has 2 aromatic carbocycles. The molecule has 5 rings (SSSR count). The molecule has 0 radical (unpaired) electrons. The van der Waals surface area contributed by atoms with E-state index in [1.807, 2.05) is 59.4 Å². The molecule has 0 saturated carbocycles. The van der Waals surface area contributed by atoms with Gasteiger partial charge in [-0.15, -0.1) is 0 Å². The van der Waals surface area contributed by atoms with Gasteiger partial charge in [-0.2, -0.15) is 5.10 Å². The summed E-state index contributed by atoms with van der Waals surface area (Å²) in [5.74, 6) is 0.604. The standard InChI is InChI=1S/C22H17ClN6/c23-15-7-8-17-20(13-15)27-19(9-12-26-22-24-10-4-11-25-22)18-14-29(28-21(17)18)16-5-2-1-3-6-16/h1-8,10-11,13-14H,9,12H2,(H,24,25,26). The molecule has 0 unspecified atom stereocenters. The molecule has 142 valence electrons. The van der Waals surface area contributed by atoms with Crippen LogP contribution in [0.1, 0.15) is 5.69 Å². The van der Waals surface area contributed by atoms with Gasteiger partial charge in [-0.05, 0) is 36.4 Å². The maximum absolute atomic E-state index is 6.21. The molecule has 0 fully saturated rings. The summed E-state index contributed by atoms with van der Waals surface area (Å²) >= 11 is 6.21. The molecular formula is C22H17ClN6. The van der Waals surface area contributed by atoms with Crippen molar-refractivity contribution < 1.29 is 0 Å². The van der Waals surface area contributed by atoms with E-state index in [2.05, 4.69) is 15.3 Å². The van der Waals surface area contributed by atoms with Gasteiger partial charge in [-0.1, -0.05) is 29.8 Å². The van der Waals surface area contributed by atoms with Crippen molar-refractivity contribution in [3.8, 4) is 5.69 Å². The van der Waals surface area contributed by atoms with Gasteiger partial charge in [0.2, 0.25) is 5.95 Å². The van der Waals surface area contributed by atoms with E-state index in [4.69, 9.17) is 21.7 Å². The average molecular weight is 401 g/mol. The van der Waals surface area contributed by atoms with E-state index >= 15 is 0 Å². The zero-order chi connectivity index (χ0) is 19.6. The number of nitrogens with zero attached hydrogens (tertiary/aromatic N) is 5. The van der Waals surface area contributed by atoms with E-state index in [0.29, 0.717) is 23.9 Å². The van der Waals surface area contributed by atoms with Gasteiger partial charge >= 0.3 is 0 Å². The minimum atomic E-state index is 0.604. The zero-order valence-corrected chi connectivity index (χ0v) is 16.2. The lowest BCUT2D eigenvalue weighted by Crippen LogP contribution is -2.08. The number of aromatic nitrogens is 5. The summed E-state index contributed by atoms with van der Waals surface area (Å²) < 4.78 is 1.90. The number of nitrogens with one attached hydrogen (secondary N) is 1. The van der Waals surface area contributed by atoms with Crippen molar-refractivity contribution in [3.05, 3.63) is 83.9 Å². The van der Waals surface area contributed by atoms with Crippen LogP contribution < -0.4 is 5.32 Å². The quantitative estimate of drug-likeness (QED) is 0.464. The number of hydrogen-bond acceptors (Lipinski definition) is 5. The zero-order valence-electron chi connectivity index (χ0n) is 15.5. The lowest BCUT2D eigenvalue weighted by atomic mass is 10.1. The molecule has 29 heavy (non-hydrogen) atoms. The fraction of sp³-hybridized carbons (Fsp3) is 0.0909. The number of halogens is 1. The highest BCUT2D eigenvalue weighted by atomic mass is 35.5. The molecule has 0 atom stereocenters. The van der Waals surface area contributed by atoms with Crippen LogP contribution >= 0.6 is 11.6 Å². The molecule has 0 bridgehead atoms.